The van der Waals surface area contributed by atoms with Crippen molar-refractivity contribution in [3.8, 4) is 11.5 Å². The second-order valence-corrected chi connectivity index (χ2v) is 4.62. The molecule has 0 saturated carbocycles. The summed E-state index contributed by atoms with van der Waals surface area (Å²) in [5, 5.41) is 11.8. The summed E-state index contributed by atoms with van der Waals surface area (Å²) in [5.41, 5.74) is 1.67. The Bertz CT molecular complexity index is 618. The summed E-state index contributed by atoms with van der Waals surface area (Å²) in [4.78, 5) is 10.5. The molecule has 0 atom stereocenters. The second kappa shape index (κ2) is 7.14. The molecule has 21 heavy (non-hydrogen) atoms. The number of ether oxygens (including phenoxy) is 1. The number of hydrogen-bond acceptors (Lipinski definition) is 3. The molecule has 2 N–H and O–H groups in total. The van der Waals surface area contributed by atoms with Gasteiger partial charge in [0.25, 0.3) is 0 Å². The van der Waals surface area contributed by atoms with Crippen molar-refractivity contribution in [3.05, 3.63) is 66.2 Å². The fraction of sp³-hybridized carbons (Fsp3) is 0.118. The van der Waals surface area contributed by atoms with E-state index in [1.54, 1.807) is 6.92 Å². The van der Waals surface area contributed by atoms with Crippen LogP contribution in [0.15, 0.2) is 66.2 Å². The first-order valence-corrected chi connectivity index (χ1v) is 6.60. The highest BCUT2D eigenvalue weighted by Gasteiger charge is 1.98. The van der Waals surface area contributed by atoms with E-state index in [1.165, 1.54) is 6.08 Å². The van der Waals surface area contributed by atoms with Crippen molar-refractivity contribution >= 4 is 11.7 Å². The number of nitrogens with one attached hydrogen (secondary N) is 1. The normalized spacial score (nSPS) is 11.0. The average molecular weight is 283 g/mol. The predicted molar refractivity (Wildman–Crippen MR) is 82.8 cm³/mol. The second-order valence-electron chi connectivity index (χ2n) is 4.62. The minimum Gasteiger partial charge on any atom is -0.478 e. The van der Waals surface area contributed by atoms with E-state index < -0.39 is 5.97 Å². The van der Waals surface area contributed by atoms with Crippen molar-refractivity contribution in [1.29, 1.82) is 0 Å². The molecule has 0 amide bonds. The minimum atomic E-state index is -0.930. The summed E-state index contributed by atoms with van der Waals surface area (Å²) in [6, 6.07) is 17.1. The van der Waals surface area contributed by atoms with E-state index in [1.807, 2.05) is 54.6 Å². The highest BCUT2D eigenvalue weighted by atomic mass is 16.5. The zero-order valence-electron chi connectivity index (χ0n) is 11.7. The van der Waals surface area contributed by atoms with Crippen LogP contribution in [0.3, 0.4) is 0 Å². The Morgan fingerprint density at radius 2 is 1.71 bits per heavy atom. The first-order chi connectivity index (χ1) is 10.1. The fourth-order valence-corrected chi connectivity index (χ4v) is 1.77. The van der Waals surface area contributed by atoms with Crippen molar-refractivity contribution in [2.24, 2.45) is 0 Å². The zero-order valence-corrected chi connectivity index (χ0v) is 11.7. The molecule has 0 bridgehead atoms. The van der Waals surface area contributed by atoms with E-state index in [9.17, 15) is 4.79 Å². The topological polar surface area (TPSA) is 58.6 Å². The van der Waals surface area contributed by atoms with Gasteiger partial charge in [-0.25, -0.2) is 4.79 Å². The monoisotopic (exact) mass is 283 g/mol. The maximum Gasteiger partial charge on any atom is 0.328 e. The Hall–Kier alpha value is -2.75. The van der Waals surface area contributed by atoms with Crippen LogP contribution >= 0.6 is 0 Å². The van der Waals surface area contributed by atoms with E-state index in [0.717, 1.165) is 22.8 Å². The molecule has 0 aliphatic heterocycles. The molecule has 0 spiro atoms. The van der Waals surface area contributed by atoms with Crippen LogP contribution in [0, 0.1) is 0 Å². The highest BCUT2D eigenvalue weighted by molar-refractivity contribution is 5.80. The molecule has 0 saturated heterocycles. The van der Waals surface area contributed by atoms with Crippen LogP contribution in [0.4, 0.5) is 5.69 Å². The third-order valence-electron chi connectivity index (χ3n) is 2.77. The summed E-state index contributed by atoms with van der Waals surface area (Å²) in [7, 11) is 0. The third kappa shape index (κ3) is 5.03. The summed E-state index contributed by atoms with van der Waals surface area (Å²) >= 11 is 0. The van der Waals surface area contributed by atoms with Crippen LogP contribution in [-0.2, 0) is 4.79 Å². The number of para-hydroxylation sites is 1. The first kappa shape index (κ1) is 14.7. The number of carboxylic acids is 1. The summed E-state index contributed by atoms with van der Waals surface area (Å²) in [6.45, 7) is 2.26. The molecule has 0 aliphatic carbocycles. The van der Waals surface area contributed by atoms with Crippen LogP contribution in [0.2, 0.25) is 0 Å². The maximum atomic E-state index is 10.5. The van der Waals surface area contributed by atoms with Gasteiger partial charge in [0.1, 0.15) is 11.5 Å². The first-order valence-electron chi connectivity index (χ1n) is 6.60. The van der Waals surface area contributed by atoms with Gasteiger partial charge in [0.2, 0.25) is 0 Å². The van der Waals surface area contributed by atoms with Gasteiger partial charge in [0, 0.05) is 18.3 Å². The summed E-state index contributed by atoms with van der Waals surface area (Å²) < 4.78 is 5.69. The van der Waals surface area contributed by atoms with E-state index in [4.69, 9.17) is 9.84 Å². The molecule has 0 fully saturated rings. The molecular weight excluding hydrogens is 266 g/mol. The van der Waals surface area contributed by atoms with Crippen LogP contribution in [-0.4, -0.2) is 17.6 Å². The zero-order chi connectivity index (χ0) is 15.1. The molecule has 108 valence electrons. The van der Waals surface area contributed by atoms with E-state index in [-0.39, 0.29) is 0 Å². The lowest BCUT2D eigenvalue weighted by molar-refractivity contribution is -0.131. The molecule has 0 heterocycles. The number of carboxylic acid groups (broad SMARTS) is 1. The van der Waals surface area contributed by atoms with Crippen molar-refractivity contribution in [2.45, 2.75) is 6.92 Å². The van der Waals surface area contributed by atoms with Crippen molar-refractivity contribution in [1.82, 2.24) is 0 Å². The van der Waals surface area contributed by atoms with Gasteiger partial charge in [-0.05, 0) is 48.9 Å². The smallest absolute Gasteiger partial charge is 0.328 e. The predicted octanol–water partition coefficient (Wildman–Crippen LogP) is 3.92. The van der Waals surface area contributed by atoms with Gasteiger partial charge in [-0.1, -0.05) is 18.2 Å². The Morgan fingerprint density at radius 3 is 2.33 bits per heavy atom. The molecule has 4 nitrogen and oxygen atoms in total. The van der Waals surface area contributed by atoms with Gasteiger partial charge >= 0.3 is 5.97 Å². The molecule has 2 rings (SSSR count). The van der Waals surface area contributed by atoms with E-state index in [2.05, 4.69) is 5.32 Å². The molecule has 2 aromatic rings. The van der Waals surface area contributed by atoms with Crippen molar-refractivity contribution < 1.29 is 14.6 Å². The van der Waals surface area contributed by atoms with E-state index >= 15 is 0 Å². The lowest BCUT2D eigenvalue weighted by Gasteiger charge is -2.08. The number of rotatable bonds is 6. The Morgan fingerprint density at radius 1 is 1.10 bits per heavy atom. The average Bonchev–Trinajstić information content (AvgIpc) is 2.47. The molecular formula is C17H17NO3. The van der Waals surface area contributed by atoms with Crippen LogP contribution in [0.25, 0.3) is 0 Å². The number of carbonyl (C=O) groups is 1. The number of aliphatic carboxylic acids is 1. The molecule has 0 radical (unpaired) electrons. The largest absolute Gasteiger partial charge is 0.478 e. The third-order valence-corrected chi connectivity index (χ3v) is 2.77. The standard InChI is InChI=1S/C17H17NO3/c1-13(11-17(19)20)12-18-14-7-9-16(10-8-14)21-15-5-3-2-4-6-15/h2-11,18H,12H2,1H3,(H,19,20)/b13-11-. The molecule has 0 unspecified atom stereocenters. The Kier molecular flexibility index (Phi) is 4.99. The van der Waals surface area contributed by atoms with Gasteiger partial charge in [-0.2, -0.15) is 0 Å². The minimum absolute atomic E-state index is 0.491. The SMILES string of the molecule is C/C(=C/C(=O)O)CNc1ccc(Oc2ccccc2)cc1. The van der Waals surface area contributed by atoms with Gasteiger partial charge in [0.05, 0.1) is 0 Å². The lowest BCUT2D eigenvalue weighted by atomic mass is 10.2. The van der Waals surface area contributed by atoms with Crippen molar-refractivity contribution in [2.75, 3.05) is 11.9 Å². The van der Waals surface area contributed by atoms with E-state index in [0.29, 0.717) is 6.54 Å². The van der Waals surface area contributed by atoms with Gasteiger partial charge in [0.15, 0.2) is 0 Å². The fourth-order valence-electron chi connectivity index (χ4n) is 1.77. The number of benzene rings is 2. The quantitative estimate of drug-likeness (QED) is 0.789. The molecule has 4 heteroatoms. The van der Waals surface area contributed by atoms with Crippen molar-refractivity contribution in [3.63, 3.8) is 0 Å². The Labute approximate surface area is 123 Å². The van der Waals surface area contributed by atoms with Crippen LogP contribution in [0.5, 0.6) is 11.5 Å². The lowest BCUT2D eigenvalue weighted by Crippen LogP contribution is -2.04. The summed E-state index contributed by atoms with van der Waals surface area (Å²) in [5.74, 6) is 0.615. The van der Waals surface area contributed by atoms with Gasteiger partial charge in [-0.3, -0.25) is 0 Å². The van der Waals surface area contributed by atoms with Gasteiger partial charge in [-0.15, -0.1) is 0 Å². The Balaban J connectivity index is 1.92. The maximum absolute atomic E-state index is 10.5. The van der Waals surface area contributed by atoms with Crippen LogP contribution < -0.4 is 10.1 Å². The number of anilines is 1. The van der Waals surface area contributed by atoms with Gasteiger partial charge < -0.3 is 15.2 Å². The molecule has 2 aromatic carbocycles. The van der Waals surface area contributed by atoms with Crippen LogP contribution in [0.1, 0.15) is 6.92 Å². The molecule has 0 aromatic heterocycles. The summed E-state index contributed by atoms with van der Waals surface area (Å²) in [6.07, 6.45) is 1.19. The number of hydrogen-bond donors (Lipinski definition) is 2. The highest BCUT2D eigenvalue weighted by Crippen LogP contribution is 2.22. The molecule has 0 aliphatic rings.